The molecular weight excluding hydrogens is 311 g/mol. The molecule has 5 nitrogen and oxygen atoms in total. The molecule has 0 spiro atoms. The van der Waals surface area contributed by atoms with Crippen molar-refractivity contribution in [3.05, 3.63) is 47.5 Å². The van der Waals surface area contributed by atoms with Crippen LogP contribution in [0.5, 0.6) is 0 Å². The van der Waals surface area contributed by atoms with Gasteiger partial charge in [-0.2, -0.15) is 0 Å². The average molecular weight is 336 g/mol. The molecule has 0 saturated carbocycles. The van der Waals surface area contributed by atoms with Gasteiger partial charge in [-0.05, 0) is 31.9 Å². The van der Waals surface area contributed by atoms with E-state index in [-0.39, 0.29) is 12.6 Å². The van der Waals surface area contributed by atoms with Crippen LogP contribution in [0, 0.1) is 0 Å². The highest BCUT2D eigenvalue weighted by Gasteiger charge is 2.31. The van der Waals surface area contributed by atoms with Crippen LogP contribution in [0.4, 0.5) is 4.39 Å². The Morgan fingerprint density at radius 1 is 1.29 bits per heavy atom. The van der Waals surface area contributed by atoms with Crippen molar-refractivity contribution in [2.45, 2.75) is 39.4 Å². The predicted molar refractivity (Wildman–Crippen MR) is 90.9 cm³/mol. The minimum Gasteiger partial charge on any atom is -0.387 e. The lowest BCUT2D eigenvalue weighted by Gasteiger charge is -2.32. The molecule has 0 aliphatic carbocycles. The Morgan fingerprint density at radius 2 is 1.92 bits per heavy atom. The number of hydrogen-bond donors (Lipinski definition) is 2. The van der Waals surface area contributed by atoms with E-state index in [1.54, 1.807) is 20.8 Å². The van der Waals surface area contributed by atoms with Crippen LogP contribution < -0.4 is 5.32 Å². The van der Waals surface area contributed by atoms with Crippen molar-refractivity contribution in [3.8, 4) is 0 Å². The van der Waals surface area contributed by atoms with Gasteiger partial charge in [-0.1, -0.05) is 36.4 Å². The third-order valence-corrected chi connectivity index (χ3v) is 3.47. The van der Waals surface area contributed by atoms with Crippen LogP contribution in [0.25, 0.3) is 0 Å². The topological polar surface area (TPSA) is 69.6 Å². The lowest BCUT2D eigenvalue weighted by Crippen LogP contribution is -2.52. The summed E-state index contributed by atoms with van der Waals surface area (Å²) in [6.07, 6.45) is 1.27. The second-order valence-corrected chi connectivity index (χ2v) is 5.83. The molecule has 1 atom stereocenters. The van der Waals surface area contributed by atoms with Crippen LogP contribution in [-0.4, -0.2) is 47.2 Å². The van der Waals surface area contributed by atoms with Crippen molar-refractivity contribution >= 4 is 11.8 Å². The van der Waals surface area contributed by atoms with Crippen molar-refractivity contribution in [2.75, 3.05) is 13.3 Å². The molecule has 1 aromatic carbocycles. The van der Waals surface area contributed by atoms with E-state index in [0.29, 0.717) is 5.57 Å². The number of carbonyl (C=O) groups excluding carboxylic acids is 2. The summed E-state index contributed by atoms with van der Waals surface area (Å²) in [6, 6.07) is 8.05. The van der Waals surface area contributed by atoms with Crippen LogP contribution in [0.15, 0.2) is 42.0 Å². The van der Waals surface area contributed by atoms with Gasteiger partial charge < -0.3 is 15.3 Å². The highest BCUT2D eigenvalue weighted by atomic mass is 19.1. The summed E-state index contributed by atoms with van der Waals surface area (Å²) < 4.78 is 12.7. The van der Waals surface area contributed by atoms with E-state index in [1.165, 1.54) is 11.0 Å². The minimum atomic E-state index is -0.969. The Hall–Kier alpha value is -2.21. The second-order valence-electron chi connectivity index (χ2n) is 5.83. The van der Waals surface area contributed by atoms with E-state index in [0.717, 1.165) is 5.56 Å². The number of nitrogens with zero attached hydrogens (tertiary/aromatic N) is 1. The zero-order valence-electron chi connectivity index (χ0n) is 14.3. The fourth-order valence-corrected chi connectivity index (χ4v) is 2.39. The zero-order valence-corrected chi connectivity index (χ0v) is 14.3. The molecular formula is C18H25FN2O3. The van der Waals surface area contributed by atoms with Crippen LogP contribution in [0.2, 0.25) is 0 Å². The third-order valence-electron chi connectivity index (χ3n) is 3.47. The number of rotatable bonds is 8. The van der Waals surface area contributed by atoms with Gasteiger partial charge in [-0.3, -0.25) is 9.59 Å². The van der Waals surface area contributed by atoms with Gasteiger partial charge in [0, 0.05) is 12.6 Å². The number of aliphatic hydroxyl groups is 1. The number of benzene rings is 1. The molecule has 0 aliphatic rings. The molecule has 0 saturated heterocycles. The van der Waals surface area contributed by atoms with Gasteiger partial charge in [0.15, 0.2) is 0 Å². The van der Waals surface area contributed by atoms with Crippen molar-refractivity contribution in [3.63, 3.8) is 0 Å². The molecule has 2 N–H and O–H groups in total. The number of aliphatic hydroxyl groups excluding tert-OH is 1. The first-order valence-electron chi connectivity index (χ1n) is 7.88. The minimum absolute atomic E-state index is 0.124. The highest BCUT2D eigenvalue weighted by Crippen LogP contribution is 2.16. The van der Waals surface area contributed by atoms with Gasteiger partial charge in [0.25, 0.3) is 0 Å². The molecule has 2 amide bonds. The van der Waals surface area contributed by atoms with E-state index in [9.17, 15) is 19.1 Å². The number of amides is 2. The van der Waals surface area contributed by atoms with Crippen LogP contribution in [-0.2, 0) is 16.1 Å². The summed E-state index contributed by atoms with van der Waals surface area (Å²) >= 11 is 0. The fraction of sp³-hybridized carbons (Fsp3) is 0.444. The van der Waals surface area contributed by atoms with E-state index < -0.39 is 31.1 Å². The van der Waals surface area contributed by atoms with Gasteiger partial charge in [0.2, 0.25) is 11.8 Å². The lowest BCUT2D eigenvalue weighted by molar-refractivity contribution is -0.142. The fourth-order valence-electron chi connectivity index (χ4n) is 2.39. The Labute approximate surface area is 142 Å². The molecule has 0 radical (unpaired) electrons. The monoisotopic (exact) mass is 336 g/mol. The first kappa shape index (κ1) is 19.8. The number of allylic oxidation sites excluding steroid dienone is 1. The van der Waals surface area contributed by atoms with Crippen molar-refractivity contribution in [1.29, 1.82) is 0 Å². The molecule has 1 unspecified atom stereocenters. The molecule has 1 aromatic rings. The van der Waals surface area contributed by atoms with Crippen molar-refractivity contribution in [2.24, 2.45) is 0 Å². The summed E-state index contributed by atoms with van der Waals surface area (Å²) in [7, 11) is 0. The number of halogens is 1. The summed E-state index contributed by atoms with van der Waals surface area (Å²) in [5.41, 5.74) is 1.24. The lowest BCUT2D eigenvalue weighted by atomic mass is 10.0. The van der Waals surface area contributed by atoms with E-state index in [1.807, 2.05) is 30.3 Å². The Bertz CT molecular complexity index is 573. The van der Waals surface area contributed by atoms with Gasteiger partial charge in [0.05, 0.1) is 0 Å². The van der Waals surface area contributed by atoms with Crippen molar-refractivity contribution < 1.29 is 19.1 Å². The predicted octanol–water partition coefficient (Wildman–Crippen LogP) is 1.82. The first-order valence-corrected chi connectivity index (χ1v) is 7.88. The van der Waals surface area contributed by atoms with Crippen LogP contribution >= 0.6 is 0 Å². The molecule has 0 heterocycles. The van der Waals surface area contributed by atoms with Gasteiger partial charge in [0.1, 0.15) is 19.3 Å². The number of hydrogen-bond acceptors (Lipinski definition) is 3. The summed E-state index contributed by atoms with van der Waals surface area (Å²) in [4.78, 5) is 26.1. The van der Waals surface area contributed by atoms with Crippen LogP contribution in [0.3, 0.4) is 0 Å². The maximum absolute atomic E-state index is 12.7. The van der Waals surface area contributed by atoms with Gasteiger partial charge in [-0.15, -0.1) is 0 Å². The van der Waals surface area contributed by atoms with Crippen LogP contribution in [0.1, 0.15) is 26.3 Å². The smallest absolute Gasteiger partial charge is 0.249 e. The number of nitrogens with one attached hydrogen (secondary N) is 1. The maximum atomic E-state index is 12.7. The molecule has 0 aromatic heterocycles. The zero-order chi connectivity index (χ0) is 18.1. The summed E-state index contributed by atoms with van der Waals surface area (Å²) in [6.45, 7) is 3.91. The first-order chi connectivity index (χ1) is 11.4. The van der Waals surface area contributed by atoms with Gasteiger partial charge >= 0.3 is 0 Å². The maximum Gasteiger partial charge on any atom is 0.249 e. The highest BCUT2D eigenvalue weighted by molar-refractivity contribution is 5.90. The largest absolute Gasteiger partial charge is 0.387 e. The molecule has 132 valence electrons. The molecule has 0 fully saturated rings. The summed E-state index contributed by atoms with van der Waals surface area (Å²) in [5.74, 6) is -0.987. The van der Waals surface area contributed by atoms with E-state index in [2.05, 4.69) is 5.32 Å². The van der Waals surface area contributed by atoms with E-state index >= 15 is 0 Å². The third kappa shape index (κ3) is 5.77. The Morgan fingerprint density at radius 3 is 2.42 bits per heavy atom. The SMILES string of the molecule is C/C(=C\CF)C(C(=O)NC(C)C)N(Cc1ccccc1)C(=O)CO. The standard InChI is InChI=1S/C18H25FN2O3/c1-13(2)20-18(24)17(14(3)9-10-19)21(16(23)12-22)11-15-7-5-4-6-8-15/h4-9,13,17,22H,10-12H2,1-3H3,(H,20,24)/b14-9+. The molecule has 1 rings (SSSR count). The Balaban J connectivity index is 3.20. The van der Waals surface area contributed by atoms with Gasteiger partial charge in [-0.25, -0.2) is 4.39 Å². The molecule has 24 heavy (non-hydrogen) atoms. The average Bonchev–Trinajstić information content (AvgIpc) is 2.54. The molecule has 0 bridgehead atoms. The Kier molecular flexibility index (Phi) is 8.12. The quantitative estimate of drug-likeness (QED) is 0.712. The molecule has 0 aliphatic heterocycles. The molecule has 6 heteroatoms. The van der Waals surface area contributed by atoms with Crippen molar-refractivity contribution in [1.82, 2.24) is 10.2 Å². The summed E-state index contributed by atoms with van der Waals surface area (Å²) in [5, 5.41) is 12.0. The van der Waals surface area contributed by atoms with E-state index in [4.69, 9.17) is 0 Å². The second kappa shape index (κ2) is 9.82. The normalized spacial score (nSPS) is 12.8. The number of alkyl halides is 1. The number of carbonyl (C=O) groups is 2.